The highest BCUT2D eigenvalue weighted by molar-refractivity contribution is 5.94. The zero-order valence-electron chi connectivity index (χ0n) is 19.4. The van der Waals surface area contributed by atoms with Gasteiger partial charge in [0.2, 0.25) is 0 Å². The van der Waals surface area contributed by atoms with Crippen LogP contribution in [0.5, 0.6) is 0 Å². The third kappa shape index (κ3) is 4.57. The van der Waals surface area contributed by atoms with Crippen LogP contribution in [0.15, 0.2) is 12.3 Å². The van der Waals surface area contributed by atoms with Gasteiger partial charge in [-0.25, -0.2) is 4.79 Å². The Kier molecular flexibility index (Phi) is 6.11. The fourth-order valence-electron chi connectivity index (χ4n) is 4.67. The average Bonchev–Trinajstić information content (AvgIpc) is 3.31. The highest BCUT2D eigenvalue weighted by atomic mass is 16.5. The lowest BCUT2D eigenvalue weighted by atomic mass is 9.74. The van der Waals surface area contributed by atoms with E-state index >= 15 is 0 Å². The number of carbonyl (C=O) groups excluding carboxylic acids is 2. The van der Waals surface area contributed by atoms with Crippen LogP contribution in [-0.2, 0) is 35.9 Å². The summed E-state index contributed by atoms with van der Waals surface area (Å²) < 4.78 is 14.5. The molecular formula is C23H33N5O4. The number of nitrogens with one attached hydrogen (secondary N) is 1. The topological polar surface area (TPSA) is 100 Å². The Morgan fingerprint density at radius 2 is 2.06 bits per heavy atom. The van der Waals surface area contributed by atoms with Crippen molar-refractivity contribution in [1.29, 1.82) is 0 Å². The highest BCUT2D eigenvalue weighted by Crippen LogP contribution is 2.38. The zero-order valence-corrected chi connectivity index (χ0v) is 19.4. The quantitative estimate of drug-likeness (QED) is 0.687. The summed E-state index contributed by atoms with van der Waals surface area (Å²) in [6.45, 7) is 9.07. The second-order valence-electron chi connectivity index (χ2n) is 9.85. The van der Waals surface area contributed by atoms with Crippen molar-refractivity contribution in [2.24, 2.45) is 17.9 Å². The van der Waals surface area contributed by atoms with E-state index in [1.807, 2.05) is 11.6 Å². The van der Waals surface area contributed by atoms with Crippen molar-refractivity contribution in [3.8, 4) is 0 Å². The molecular weight excluding hydrogens is 410 g/mol. The smallest absolute Gasteiger partial charge is 0.358 e. The number of aryl methyl sites for hydroxylation is 2. The van der Waals surface area contributed by atoms with Gasteiger partial charge in [-0.3, -0.25) is 14.2 Å². The van der Waals surface area contributed by atoms with Crippen LogP contribution in [0.4, 0.5) is 0 Å². The molecule has 0 unspecified atom stereocenters. The Morgan fingerprint density at radius 1 is 1.31 bits per heavy atom. The molecule has 1 amide bonds. The minimum Gasteiger partial charge on any atom is -0.460 e. The molecule has 0 aromatic carbocycles. The van der Waals surface area contributed by atoms with Gasteiger partial charge in [0, 0.05) is 56.9 Å². The maximum Gasteiger partial charge on any atom is 0.358 e. The van der Waals surface area contributed by atoms with Gasteiger partial charge in [-0.05, 0) is 37.7 Å². The Morgan fingerprint density at radius 3 is 2.72 bits per heavy atom. The Balaban J connectivity index is 1.55. The van der Waals surface area contributed by atoms with Gasteiger partial charge >= 0.3 is 5.97 Å². The van der Waals surface area contributed by atoms with Crippen LogP contribution >= 0.6 is 0 Å². The van der Waals surface area contributed by atoms with Crippen molar-refractivity contribution >= 4 is 11.9 Å². The summed E-state index contributed by atoms with van der Waals surface area (Å²) in [5.74, 6) is -0.486. The molecule has 0 radical (unpaired) electrons. The number of carbonyl (C=O) groups is 2. The SMILES string of the molecule is CCn1nc(CC(C)(C)COC(=O)c2ccn(C)n2)c2c1C(=O)NCC1(CCOCC1)C2. The van der Waals surface area contributed by atoms with Gasteiger partial charge in [-0.1, -0.05) is 13.8 Å². The number of hydrogen-bond donors (Lipinski definition) is 1. The van der Waals surface area contributed by atoms with Crippen LogP contribution in [0, 0.1) is 10.8 Å². The maximum atomic E-state index is 13.0. The van der Waals surface area contributed by atoms with Gasteiger partial charge in [-0.2, -0.15) is 10.2 Å². The molecule has 1 fully saturated rings. The van der Waals surface area contributed by atoms with Crippen LogP contribution in [-0.4, -0.2) is 57.8 Å². The number of nitrogens with zero attached hydrogens (tertiary/aromatic N) is 4. The molecule has 1 saturated heterocycles. The second kappa shape index (κ2) is 8.69. The van der Waals surface area contributed by atoms with Gasteiger partial charge in [-0.15, -0.1) is 0 Å². The molecule has 1 N–H and O–H groups in total. The summed E-state index contributed by atoms with van der Waals surface area (Å²) in [7, 11) is 1.76. The third-order valence-electron chi connectivity index (χ3n) is 6.54. The average molecular weight is 444 g/mol. The monoisotopic (exact) mass is 443 g/mol. The summed E-state index contributed by atoms with van der Waals surface area (Å²) in [4.78, 5) is 25.3. The van der Waals surface area contributed by atoms with E-state index in [0.29, 0.717) is 30.9 Å². The van der Waals surface area contributed by atoms with E-state index in [0.717, 1.165) is 43.7 Å². The predicted octanol–water partition coefficient (Wildman–Crippen LogP) is 2.14. The van der Waals surface area contributed by atoms with E-state index in [1.165, 1.54) is 0 Å². The fourth-order valence-corrected chi connectivity index (χ4v) is 4.67. The van der Waals surface area contributed by atoms with Crippen LogP contribution in [0.3, 0.4) is 0 Å². The minimum atomic E-state index is -0.433. The second-order valence-corrected chi connectivity index (χ2v) is 9.85. The molecule has 0 aliphatic carbocycles. The first kappa shape index (κ1) is 22.5. The number of rotatable bonds is 6. The lowest BCUT2D eigenvalue weighted by Crippen LogP contribution is -2.40. The lowest BCUT2D eigenvalue weighted by Gasteiger charge is -2.36. The number of amides is 1. The number of hydrogen-bond acceptors (Lipinski definition) is 6. The maximum absolute atomic E-state index is 13.0. The largest absolute Gasteiger partial charge is 0.460 e. The van der Waals surface area contributed by atoms with E-state index in [2.05, 4.69) is 24.3 Å². The molecule has 174 valence electrons. The predicted molar refractivity (Wildman–Crippen MR) is 117 cm³/mol. The third-order valence-corrected chi connectivity index (χ3v) is 6.54. The first-order chi connectivity index (χ1) is 15.2. The fraction of sp³-hybridized carbons (Fsp3) is 0.652. The van der Waals surface area contributed by atoms with Gasteiger partial charge in [0.15, 0.2) is 5.69 Å². The van der Waals surface area contributed by atoms with Crippen molar-refractivity contribution in [1.82, 2.24) is 24.9 Å². The molecule has 4 rings (SSSR count). The van der Waals surface area contributed by atoms with Crippen LogP contribution < -0.4 is 5.32 Å². The summed E-state index contributed by atoms with van der Waals surface area (Å²) in [5.41, 5.74) is 2.58. The Labute approximate surface area is 188 Å². The number of esters is 1. The zero-order chi connectivity index (χ0) is 22.9. The van der Waals surface area contributed by atoms with E-state index in [9.17, 15) is 9.59 Å². The number of aromatic nitrogens is 4. The van der Waals surface area contributed by atoms with E-state index in [1.54, 1.807) is 24.0 Å². The van der Waals surface area contributed by atoms with Crippen molar-refractivity contribution < 1.29 is 19.1 Å². The molecule has 2 aliphatic heterocycles. The van der Waals surface area contributed by atoms with Crippen LogP contribution in [0.2, 0.25) is 0 Å². The summed E-state index contributed by atoms with van der Waals surface area (Å²) in [6, 6.07) is 1.64. The molecule has 32 heavy (non-hydrogen) atoms. The standard InChI is InChI=1S/C23H33N5O4/c1-5-28-19-16(12-23(14-24-20(19)29)7-10-31-11-8-23)18(26-28)13-22(2,3)15-32-21(30)17-6-9-27(4)25-17/h6,9H,5,7-8,10-15H2,1-4H3,(H,24,29). The van der Waals surface area contributed by atoms with E-state index < -0.39 is 5.97 Å². The van der Waals surface area contributed by atoms with Gasteiger partial charge < -0.3 is 14.8 Å². The lowest BCUT2D eigenvalue weighted by molar-refractivity contribution is 0.0159. The molecule has 4 heterocycles. The first-order valence-electron chi connectivity index (χ1n) is 11.3. The van der Waals surface area contributed by atoms with Gasteiger partial charge in [0.05, 0.1) is 12.3 Å². The van der Waals surface area contributed by atoms with Crippen molar-refractivity contribution in [2.75, 3.05) is 26.4 Å². The van der Waals surface area contributed by atoms with Crippen molar-refractivity contribution in [3.05, 3.63) is 34.9 Å². The van der Waals surface area contributed by atoms with Gasteiger partial charge in [0.25, 0.3) is 5.91 Å². The molecule has 2 aromatic heterocycles. The molecule has 0 saturated carbocycles. The molecule has 2 aromatic rings. The molecule has 9 nitrogen and oxygen atoms in total. The minimum absolute atomic E-state index is 0.00506. The number of fused-ring (bicyclic) bond motifs is 1. The molecule has 2 aliphatic rings. The Bertz CT molecular complexity index is 1000. The van der Waals surface area contributed by atoms with E-state index in [-0.39, 0.29) is 23.3 Å². The van der Waals surface area contributed by atoms with Crippen molar-refractivity contribution in [2.45, 2.75) is 53.0 Å². The van der Waals surface area contributed by atoms with Crippen LogP contribution in [0.25, 0.3) is 0 Å². The normalized spacial score (nSPS) is 18.2. The molecule has 9 heteroatoms. The summed E-state index contributed by atoms with van der Waals surface area (Å²) in [6.07, 6.45) is 4.98. The summed E-state index contributed by atoms with van der Waals surface area (Å²) in [5, 5.41) is 12.1. The molecule has 0 atom stereocenters. The summed E-state index contributed by atoms with van der Waals surface area (Å²) >= 11 is 0. The van der Waals surface area contributed by atoms with Crippen LogP contribution in [0.1, 0.15) is 65.8 Å². The highest BCUT2D eigenvalue weighted by Gasteiger charge is 2.40. The van der Waals surface area contributed by atoms with E-state index in [4.69, 9.17) is 14.6 Å². The Hall–Kier alpha value is -2.68. The van der Waals surface area contributed by atoms with Crippen molar-refractivity contribution in [3.63, 3.8) is 0 Å². The molecule has 0 bridgehead atoms. The number of ether oxygens (including phenoxy) is 2. The van der Waals surface area contributed by atoms with Gasteiger partial charge in [0.1, 0.15) is 5.69 Å². The molecule has 1 spiro atoms. The first-order valence-corrected chi connectivity index (χ1v) is 11.3.